The predicted molar refractivity (Wildman–Crippen MR) is 120 cm³/mol. The van der Waals surface area contributed by atoms with E-state index in [1.165, 1.54) is 12.1 Å². The molecule has 2 heterocycles. The molecule has 0 spiro atoms. The van der Waals surface area contributed by atoms with Crippen molar-refractivity contribution in [2.24, 2.45) is 4.99 Å². The molecule has 3 aromatic rings. The highest BCUT2D eigenvalue weighted by atomic mass is 35.5. The zero-order chi connectivity index (χ0) is 22.9. The van der Waals surface area contributed by atoms with Crippen LogP contribution >= 0.6 is 23.4 Å². The molecule has 1 aromatic heterocycles. The summed E-state index contributed by atoms with van der Waals surface area (Å²) < 4.78 is 37.1. The first kappa shape index (κ1) is 21.8. The number of aromatic nitrogens is 1. The van der Waals surface area contributed by atoms with Gasteiger partial charge < -0.3 is 10.6 Å². The third-order valence-electron chi connectivity index (χ3n) is 4.27. The van der Waals surface area contributed by atoms with Crippen LogP contribution in [-0.2, 0) is 9.59 Å². The van der Waals surface area contributed by atoms with Crippen LogP contribution in [0.1, 0.15) is 5.56 Å². The van der Waals surface area contributed by atoms with E-state index in [1.54, 1.807) is 17.6 Å². The van der Waals surface area contributed by atoms with E-state index in [0.717, 1.165) is 34.3 Å². The number of hydrogen-bond acceptors (Lipinski definition) is 5. The molecule has 11 heteroatoms. The lowest BCUT2D eigenvalue weighted by atomic mass is 10.1. The number of nitrogens with zero attached hydrogens (tertiary/aromatic N) is 2. The maximum Gasteiger partial charge on any atom is 0.471 e. The molecule has 2 N–H and O–H groups in total. The molecule has 162 valence electrons. The van der Waals surface area contributed by atoms with Gasteiger partial charge in [0.25, 0.3) is 5.91 Å². The molecule has 0 aliphatic carbocycles. The van der Waals surface area contributed by atoms with Gasteiger partial charge in [-0.15, -0.1) is 0 Å². The number of nitrogens with one attached hydrogen (secondary N) is 2. The molecular formula is C21H12ClF3N4O2S. The number of aliphatic imine (C=N–C) groups is 1. The lowest BCUT2D eigenvalue weighted by Gasteiger charge is -2.11. The van der Waals surface area contributed by atoms with Crippen molar-refractivity contribution in [3.8, 4) is 0 Å². The molecule has 4 rings (SSSR count). The van der Waals surface area contributed by atoms with Crippen LogP contribution < -0.4 is 10.6 Å². The number of alkyl halides is 3. The highest BCUT2D eigenvalue weighted by molar-refractivity contribution is 8.18. The van der Waals surface area contributed by atoms with Crippen LogP contribution in [0.5, 0.6) is 0 Å². The van der Waals surface area contributed by atoms with E-state index in [2.05, 4.69) is 15.3 Å². The Labute approximate surface area is 188 Å². The molecule has 0 saturated heterocycles. The Hall–Kier alpha value is -3.37. The number of hydrogen-bond donors (Lipinski definition) is 2. The molecule has 0 saturated carbocycles. The number of pyridine rings is 1. The van der Waals surface area contributed by atoms with Crippen molar-refractivity contribution in [1.82, 2.24) is 4.98 Å². The fraction of sp³-hybridized carbons (Fsp3) is 0.0476. The molecule has 0 radical (unpaired) electrons. The fourth-order valence-corrected chi connectivity index (χ4v) is 3.86. The summed E-state index contributed by atoms with van der Waals surface area (Å²) in [5.74, 6) is -2.54. The summed E-state index contributed by atoms with van der Waals surface area (Å²) >= 11 is 7.20. The second-order valence-corrected chi connectivity index (χ2v) is 8.00. The van der Waals surface area contributed by atoms with Crippen LogP contribution in [0.25, 0.3) is 17.0 Å². The van der Waals surface area contributed by atoms with Gasteiger partial charge in [0.2, 0.25) is 0 Å². The molecule has 2 aromatic carbocycles. The van der Waals surface area contributed by atoms with Crippen LogP contribution in [0.15, 0.2) is 64.6 Å². The van der Waals surface area contributed by atoms with Gasteiger partial charge in [-0.1, -0.05) is 23.7 Å². The van der Waals surface area contributed by atoms with Crippen molar-refractivity contribution in [2.75, 3.05) is 10.6 Å². The van der Waals surface area contributed by atoms with Gasteiger partial charge in [-0.2, -0.15) is 18.2 Å². The molecule has 0 fully saturated rings. The number of thioether (sulfide) groups is 1. The standard InChI is InChI=1S/C21H12ClF3N4O2S/c22-14-10-13(27-19(31)21(23,24)25)4-6-16(14)28-20-29-18(30)17(32-20)9-11-3-5-15-12(8-11)2-1-7-26-15/h1-10H,(H,27,31)(H,28,29,30). The SMILES string of the molecule is O=C1N=C(Nc2ccc(NC(=O)C(F)(F)F)cc2Cl)SC1=Cc1ccc2ncccc2c1. The summed E-state index contributed by atoms with van der Waals surface area (Å²) in [5.41, 5.74) is 1.84. The summed E-state index contributed by atoms with van der Waals surface area (Å²) in [6.45, 7) is 0. The van der Waals surface area contributed by atoms with Gasteiger partial charge in [0.15, 0.2) is 5.17 Å². The number of fused-ring (bicyclic) bond motifs is 1. The lowest BCUT2D eigenvalue weighted by molar-refractivity contribution is -0.167. The third-order valence-corrected chi connectivity index (χ3v) is 5.48. The summed E-state index contributed by atoms with van der Waals surface area (Å²) in [4.78, 5) is 31.9. The van der Waals surface area contributed by atoms with E-state index in [4.69, 9.17) is 11.6 Å². The number of benzene rings is 2. The Morgan fingerprint density at radius 2 is 1.94 bits per heavy atom. The Morgan fingerprint density at radius 1 is 1.12 bits per heavy atom. The first-order chi connectivity index (χ1) is 15.2. The van der Waals surface area contributed by atoms with Gasteiger partial charge in [0, 0.05) is 17.3 Å². The molecule has 0 bridgehead atoms. The third kappa shape index (κ3) is 4.92. The van der Waals surface area contributed by atoms with Crippen molar-refractivity contribution in [2.45, 2.75) is 6.18 Å². The molecule has 1 aliphatic rings. The minimum atomic E-state index is -5.01. The predicted octanol–water partition coefficient (Wildman–Crippen LogP) is 5.47. The summed E-state index contributed by atoms with van der Waals surface area (Å²) in [6.07, 6.45) is -1.61. The van der Waals surface area contributed by atoms with Crippen molar-refractivity contribution in [3.05, 3.63) is 70.2 Å². The van der Waals surface area contributed by atoms with Crippen molar-refractivity contribution in [3.63, 3.8) is 0 Å². The van der Waals surface area contributed by atoms with Crippen molar-refractivity contribution in [1.29, 1.82) is 0 Å². The highest BCUT2D eigenvalue weighted by Gasteiger charge is 2.38. The van der Waals surface area contributed by atoms with Gasteiger partial charge >= 0.3 is 12.1 Å². The first-order valence-corrected chi connectivity index (χ1v) is 10.2. The largest absolute Gasteiger partial charge is 0.471 e. The second-order valence-electron chi connectivity index (χ2n) is 6.56. The zero-order valence-corrected chi connectivity index (χ0v) is 17.5. The summed E-state index contributed by atoms with van der Waals surface area (Å²) in [6, 6.07) is 13.1. The van der Waals surface area contributed by atoms with Crippen molar-refractivity contribution < 1.29 is 22.8 Å². The Balaban J connectivity index is 1.46. The zero-order valence-electron chi connectivity index (χ0n) is 15.9. The fourth-order valence-electron chi connectivity index (χ4n) is 2.81. The Bertz CT molecular complexity index is 1310. The number of carbonyl (C=O) groups excluding carboxylic acids is 2. The maximum atomic E-state index is 12.4. The lowest BCUT2D eigenvalue weighted by Crippen LogP contribution is -2.29. The molecule has 32 heavy (non-hydrogen) atoms. The van der Waals surface area contributed by atoms with Crippen LogP contribution in [0.3, 0.4) is 0 Å². The monoisotopic (exact) mass is 476 g/mol. The van der Waals surface area contributed by atoms with E-state index in [0.29, 0.717) is 10.6 Å². The molecule has 0 unspecified atom stereocenters. The highest BCUT2D eigenvalue weighted by Crippen LogP contribution is 2.33. The van der Waals surface area contributed by atoms with E-state index in [-0.39, 0.29) is 15.9 Å². The molecule has 2 amide bonds. The van der Waals surface area contributed by atoms with Gasteiger partial charge in [0.05, 0.1) is 21.1 Å². The van der Waals surface area contributed by atoms with E-state index < -0.39 is 18.0 Å². The Kier molecular flexibility index (Phi) is 5.90. The molecule has 6 nitrogen and oxygen atoms in total. The number of carbonyl (C=O) groups is 2. The number of amidine groups is 1. The van der Waals surface area contributed by atoms with Gasteiger partial charge in [0.1, 0.15) is 0 Å². The Morgan fingerprint density at radius 3 is 2.69 bits per heavy atom. The minimum absolute atomic E-state index is 0.0418. The van der Waals surface area contributed by atoms with Gasteiger partial charge in [-0.3, -0.25) is 14.6 Å². The molecule has 1 aliphatic heterocycles. The minimum Gasteiger partial charge on any atom is -0.333 e. The van der Waals surface area contributed by atoms with E-state index >= 15 is 0 Å². The number of amides is 2. The molecule has 0 atom stereocenters. The van der Waals surface area contributed by atoms with Gasteiger partial charge in [-0.25, -0.2) is 0 Å². The number of halogens is 4. The molecular weight excluding hydrogens is 465 g/mol. The smallest absolute Gasteiger partial charge is 0.333 e. The van der Waals surface area contributed by atoms with E-state index in [1.807, 2.05) is 30.3 Å². The quantitative estimate of drug-likeness (QED) is 0.490. The number of anilines is 2. The van der Waals surface area contributed by atoms with Crippen LogP contribution in [0, 0.1) is 0 Å². The number of rotatable bonds is 3. The van der Waals surface area contributed by atoms with Crippen molar-refractivity contribution >= 4 is 68.7 Å². The average Bonchev–Trinajstić information content (AvgIpc) is 3.08. The average molecular weight is 477 g/mol. The summed E-state index contributed by atoms with van der Waals surface area (Å²) in [5, 5.41) is 5.82. The van der Waals surface area contributed by atoms with Crippen LogP contribution in [0.2, 0.25) is 5.02 Å². The second kappa shape index (κ2) is 8.64. The maximum absolute atomic E-state index is 12.4. The topological polar surface area (TPSA) is 83.5 Å². The van der Waals surface area contributed by atoms with Crippen LogP contribution in [-0.4, -0.2) is 28.1 Å². The van der Waals surface area contributed by atoms with E-state index in [9.17, 15) is 22.8 Å². The van der Waals surface area contributed by atoms with Gasteiger partial charge in [-0.05, 0) is 59.8 Å². The normalized spacial score (nSPS) is 15.2. The van der Waals surface area contributed by atoms with Crippen LogP contribution in [0.4, 0.5) is 24.5 Å². The summed E-state index contributed by atoms with van der Waals surface area (Å²) in [7, 11) is 0. The first-order valence-electron chi connectivity index (χ1n) is 9.01.